The Hall–Kier alpha value is -1.60. The number of halogens is 3. The van der Waals surface area contributed by atoms with E-state index in [2.05, 4.69) is 31.2 Å². The van der Waals surface area contributed by atoms with Crippen LogP contribution in [0.25, 0.3) is 11.3 Å². The molecule has 20 heavy (non-hydrogen) atoms. The predicted octanol–water partition coefficient (Wildman–Crippen LogP) is 3.37. The second-order valence-electron chi connectivity index (χ2n) is 3.96. The molecule has 0 saturated heterocycles. The van der Waals surface area contributed by atoms with E-state index in [1.54, 1.807) is 7.05 Å². The fourth-order valence-corrected chi connectivity index (χ4v) is 2.04. The van der Waals surface area contributed by atoms with Crippen molar-refractivity contribution in [1.82, 2.24) is 9.97 Å². The molecule has 0 spiro atoms. The standard InChI is InChI=1S/C13H12BrF2N3O/c1-17-10-5-9(18-11(19-10)6-20-2)12-8(15)4-3-7(14)13(12)16/h3-5H,6H2,1-2H3,(H,17,18,19). The summed E-state index contributed by atoms with van der Waals surface area (Å²) < 4.78 is 33.1. The molecule has 0 aliphatic carbocycles. The van der Waals surface area contributed by atoms with Crippen molar-refractivity contribution >= 4 is 21.7 Å². The minimum Gasteiger partial charge on any atom is -0.377 e. The lowest BCUT2D eigenvalue weighted by Crippen LogP contribution is -2.04. The molecule has 0 unspecified atom stereocenters. The number of rotatable bonds is 4. The van der Waals surface area contributed by atoms with E-state index in [1.165, 1.54) is 25.3 Å². The molecule has 0 atom stereocenters. The minimum absolute atomic E-state index is 0.153. The summed E-state index contributed by atoms with van der Waals surface area (Å²) in [4.78, 5) is 8.27. The molecule has 0 amide bonds. The third kappa shape index (κ3) is 2.94. The Balaban J connectivity index is 2.63. The van der Waals surface area contributed by atoms with Crippen LogP contribution in [0.15, 0.2) is 22.7 Å². The first kappa shape index (κ1) is 14.8. The highest BCUT2D eigenvalue weighted by molar-refractivity contribution is 9.10. The van der Waals surface area contributed by atoms with E-state index < -0.39 is 11.6 Å². The van der Waals surface area contributed by atoms with Gasteiger partial charge in [-0.3, -0.25) is 0 Å². The fraction of sp³-hybridized carbons (Fsp3) is 0.231. The summed E-state index contributed by atoms with van der Waals surface area (Å²) in [6.07, 6.45) is 0. The van der Waals surface area contributed by atoms with Crippen LogP contribution in [0.1, 0.15) is 5.82 Å². The first-order chi connectivity index (χ1) is 9.56. The molecule has 0 aliphatic heterocycles. The fourth-order valence-electron chi connectivity index (χ4n) is 1.71. The van der Waals surface area contributed by atoms with Gasteiger partial charge in [0, 0.05) is 20.2 Å². The number of ether oxygens (including phenoxy) is 1. The van der Waals surface area contributed by atoms with E-state index in [9.17, 15) is 8.78 Å². The summed E-state index contributed by atoms with van der Waals surface area (Å²) in [5, 5.41) is 2.83. The predicted molar refractivity (Wildman–Crippen MR) is 75.3 cm³/mol. The van der Waals surface area contributed by atoms with E-state index in [0.717, 1.165) is 0 Å². The Bertz CT molecular complexity index is 637. The Morgan fingerprint density at radius 2 is 2.05 bits per heavy atom. The normalized spacial score (nSPS) is 10.7. The zero-order chi connectivity index (χ0) is 14.7. The molecule has 0 saturated carbocycles. The Kier molecular flexibility index (Phi) is 4.61. The second kappa shape index (κ2) is 6.23. The number of nitrogens with zero attached hydrogens (tertiary/aromatic N) is 2. The average molecular weight is 344 g/mol. The molecule has 2 rings (SSSR count). The molecule has 1 aromatic heterocycles. The Labute approximate surface area is 123 Å². The van der Waals surface area contributed by atoms with E-state index in [4.69, 9.17) is 4.74 Å². The van der Waals surface area contributed by atoms with Crippen LogP contribution in [0.2, 0.25) is 0 Å². The summed E-state index contributed by atoms with van der Waals surface area (Å²) in [6.45, 7) is 0.153. The van der Waals surface area contributed by atoms with Crippen LogP contribution in [0.3, 0.4) is 0 Å². The van der Waals surface area contributed by atoms with Gasteiger partial charge in [0.25, 0.3) is 0 Å². The van der Waals surface area contributed by atoms with Crippen molar-refractivity contribution in [2.24, 2.45) is 0 Å². The SMILES string of the molecule is CNc1cc(-c2c(F)ccc(Br)c2F)nc(COC)n1. The molecule has 1 aromatic carbocycles. The number of nitrogens with one attached hydrogen (secondary N) is 1. The van der Waals surface area contributed by atoms with Crippen LogP contribution in [0.5, 0.6) is 0 Å². The molecular formula is C13H12BrF2N3O. The van der Waals surface area contributed by atoms with Crippen molar-refractivity contribution < 1.29 is 13.5 Å². The summed E-state index contributed by atoms with van der Waals surface area (Å²) in [7, 11) is 3.16. The average Bonchev–Trinajstić information content (AvgIpc) is 2.43. The number of methoxy groups -OCH3 is 1. The molecule has 7 heteroatoms. The van der Waals surface area contributed by atoms with Crippen LogP contribution in [0, 0.1) is 11.6 Å². The maximum Gasteiger partial charge on any atom is 0.157 e. The van der Waals surface area contributed by atoms with E-state index in [0.29, 0.717) is 11.6 Å². The van der Waals surface area contributed by atoms with Gasteiger partial charge in [-0.25, -0.2) is 18.7 Å². The molecule has 2 aromatic rings. The molecule has 4 nitrogen and oxygen atoms in total. The van der Waals surface area contributed by atoms with Crippen LogP contribution >= 0.6 is 15.9 Å². The number of aromatic nitrogens is 2. The quantitative estimate of drug-likeness (QED) is 0.864. The minimum atomic E-state index is -0.700. The number of anilines is 1. The molecule has 0 bridgehead atoms. The van der Waals surface area contributed by atoms with Gasteiger partial charge in [0.15, 0.2) is 5.82 Å². The van der Waals surface area contributed by atoms with Crippen molar-refractivity contribution in [3.8, 4) is 11.3 Å². The number of hydrogen-bond donors (Lipinski definition) is 1. The van der Waals surface area contributed by atoms with Crippen molar-refractivity contribution in [1.29, 1.82) is 0 Å². The van der Waals surface area contributed by atoms with Gasteiger partial charge in [-0.2, -0.15) is 0 Å². The monoisotopic (exact) mass is 343 g/mol. The lowest BCUT2D eigenvalue weighted by Gasteiger charge is -2.10. The van der Waals surface area contributed by atoms with Gasteiger partial charge in [0.05, 0.1) is 15.7 Å². The Morgan fingerprint density at radius 1 is 1.30 bits per heavy atom. The van der Waals surface area contributed by atoms with Crippen LogP contribution < -0.4 is 5.32 Å². The largest absolute Gasteiger partial charge is 0.377 e. The lowest BCUT2D eigenvalue weighted by molar-refractivity contribution is 0.178. The van der Waals surface area contributed by atoms with Crippen LogP contribution in [-0.4, -0.2) is 24.1 Å². The number of hydrogen-bond acceptors (Lipinski definition) is 4. The highest BCUT2D eigenvalue weighted by Crippen LogP contribution is 2.30. The van der Waals surface area contributed by atoms with Crippen LogP contribution in [-0.2, 0) is 11.3 Å². The van der Waals surface area contributed by atoms with E-state index >= 15 is 0 Å². The lowest BCUT2D eigenvalue weighted by atomic mass is 10.1. The Morgan fingerprint density at radius 3 is 2.70 bits per heavy atom. The number of benzene rings is 1. The first-order valence-electron chi connectivity index (χ1n) is 5.75. The van der Waals surface area contributed by atoms with Crippen molar-refractivity contribution in [3.05, 3.63) is 40.1 Å². The maximum absolute atomic E-state index is 14.1. The van der Waals surface area contributed by atoms with Crippen molar-refractivity contribution in [2.75, 3.05) is 19.5 Å². The van der Waals surface area contributed by atoms with Gasteiger partial charge in [0.2, 0.25) is 0 Å². The van der Waals surface area contributed by atoms with Gasteiger partial charge in [-0.05, 0) is 28.1 Å². The van der Waals surface area contributed by atoms with Gasteiger partial charge < -0.3 is 10.1 Å². The molecule has 0 aliphatic rings. The van der Waals surface area contributed by atoms with Gasteiger partial charge in [0.1, 0.15) is 24.1 Å². The summed E-state index contributed by atoms with van der Waals surface area (Å²) in [5.41, 5.74) is -0.0386. The highest BCUT2D eigenvalue weighted by Gasteiger charge is 2.17. The molecule has 0 fully saturated rings. The summed E-state index contributed by atoms with van der Waals surface area (Å²) in [5.74, 6) is -0.585. The zero-order valence-electron chi connectivity index (χ0n) is 10.9. The second-order valence-corrected chi connectivity index (χ2v) is 4.81. The third-order valence-electron chi connectivity index (χ3n) is 2.60. The van der Waals surface area contributed by atoms with Gasteiger partial charge in [-0.1, -0.05) is 0 Å². The van der Waals surface area contributed by atoms with E-state index in [1.807, 2.05) is 0 Å². The third-order valence-corrected chi connectivity index (χ3v) is 3.21. The molecule has 1 N–H and O–H groups in total. The summed E-state index contributed by atoms with van der Waals surface area (Å²) >= 11 is 3.04. The highest BCUT2D eigenvalue weighted by atomic mass is 79.9. The maximum atomic E-state index is 14.1. The zero-order valence-corrected chi connectivity index (χ0v) is 12.5. The summed E-state index contributed by atoms with van der Waals surface area (Å²) in [6, 6.07) is 3.97. The van der Waals surface area contributed by atoms with Crippen molar-refractivity contribution in [2.45, 2.75) is 6.61 Å². The first-order valence-corrected chi connectivity index (χ1v) is 6.54. The van der Waals surface area contributed by atoms with Gasteiger partial charge >= 0.3 is 0 Å². The van der Waals surface area contributed by atoms with Gasteiger partial charge in [-0.15, -0.1) is 0 Å². The van der Waals surface area contributed by atoms with Crippen molar-refractivity contribution in [3.63, 3.8) is 0 Å². The molecular weight excluding hydrogens is 332 g/mol. The molecule has 0 radical (unpaired) electrons. The smallest absolute Gasteiger partial charge is 0.157 e. The topological polar surface area (TPSA) is 47.0 Å². The molecule has 1 heterocycles. The van der Waals surface area contributed by atoms with E-state index in [-0.39, 0.29) is 22.3 Å². The molecule has 106 valence electrons. The van der Waals surface area contributed by atoms with Crippen LogP contribution in [0.4, 0.5) is 14.6 Å².